The Balaban J connectivity index is 1.84. The Morgan fingerprint density at radius 2 is 1.83 bits per heavy atom. The summed E-state index contributed by atoms with van der Waals surface area (Å²) in [6.45, 7) is 2.50. The zero-order valence-corrected chi connectivity index (χ0v) is 17.6. The average molecular weight is 453 g/mol. The molecular weight excluding hydrogens is 432 g/mol. The van der Waals surface area contributed by atoms with Crippen LogP contribution in [-0.2, 0) is 6.54 Å². The lowest BCUT2D eigenvalue weighted by Gasteiger charge is -2.09. The lowest BCUT2D eigenvalue weighted by atomic mass is 10.1. The number of unbranched alkanes of at least 4 members (excludes halogenated alkanes) is 1. The van der Waals surface area contributed by atoms with E-state index < -0.39 is 5.91 Å². The first-order chi connectivity index (χ1) is 14.1. The molecule has 29 heavy (non-hydrogen) atoms. The summed E-state index contributed by atoms with van der Waals surface area (Å²) in [5.74, 6) is -0.470. The monoisotopic (exact) mass is 452 g/mol. The van der Waals surface area contributed by atoms with Crippen LogP contribution in [-0.4, -0.2) is 21.9 Å². The van der Waals surface area contributed by atoms with Gasteiger partial charge < -0.3 is 0 Å². The third-order valence-electron chi connectivity index (χ3n) is 4.26. The van der Waals surface area contributed by atoms with Gasteiger partial charge in [0, 0.05) is 16.4 Å². The number of halogens is 1. The van der Waals surface area contributed by atoms with Gasteiger partial charge in [-0.05, 0) is 40.1 Å². The number of nitrogens with one attached hydrogen (secondary N) is 1. The first-order valence-electron chi connectivity index (χ1n) is 9.35. The van der Waals surface area contributed by atoms with E-state index in [0.717, 1.165) is 18.4 Å². The number of allylic oxidation sites excluding steroid dienone is 1. The van der Waals surface area contributed by atoms with E-state index in [1.807, 2.05) is 43.3 Å². The molecule has 7 heteroatoms. The highest BCUT2D eigenvalue weighted by molar-refractivity contribution is 9.12. The summed E-state index contributed by atoms with van der Waals surface area (Å²) in [4.78, 5) is 25.3. The minimum absolute atomic E-state index is 0.177. The molecule has 3 aromatic rings. The van der Waals surface area contributed by atoms with Gasteiger partial charge >= 0.3 is 0 Å². The van der Waals surface area contributed by atoms with Crippen LogP contribution in [0.15, 0.2) is 69.0 Å². The Kier molecular flexibility index (Phi) is 7.08. The van der Waals surface area contributed by atoms with E-state index in [2.05, 4.69) is 31.6 Å². The number of aryl methyl sites for hydroxylation is 1. The van der Waals surface area contributed by atoms with Gasteiger partial charge in [-0.3, -0.25) is 9.59 Å². The average Bonchev–Trinajstić information content (AvgIpc) is 2.74. The molecule has 0 saturated carbocycles. The molecule has 0 spiro atoms. The highest BCUT2D eigenvalue weighted by Crippen LogP contribution is 2.14. The second-order valence-electron chi connectivity index (χ2n) is 6.42. The van der Waals surface area contributed by atoms with Crippen molar-refractivity contribution in [3.05, 3.63) is 80.7 Å². The second kappa shape index (κ2) is 9.93. The predicted octanol–water partition coefficient (Wildman–Crippen LogP) is 4.35. The summed E-state index contributed by atoms with van der Waals surface area (Å²) >= 11 is 3.41. The van der Waals surface area contributed by atoms with Crippen LogP contribution in [0.25, 0.3) is 16.8 Å². The summed E-state index contributed by atoms with van der Waals surface area (Å²) in [6, 6.07) is 16.7. The predicted molar refractivity (Wildman–Crippen MR) is 120 cm³/mol. The third-order valence-corrected chi connectivity index (χ3v) is 4.70. The van der Waals surface area contributed by atoms with E-state index in [1.165, 1.54) is 10.9 Å². The van der Waals surface area contributed by atoms with E-state index in [9.17, 15) is 9.59 Å². The molecule has 0 saturated heterocycles. The first kappa shape index (κ1) is 20.7. The van der Waals surface area contributed by atoms with Gasteiger partial charge in [0.25, 0.3) is 11.5 Å². The van der Waals surface area contributed by atoms with Crippen molar-refractivity contribution in [2.75, 3.05) is 0 Å². The maximum atomic E-state index is 12.7. The molecule has 1 heterocycles. The molecule has 1 N–H and O–H groups in total. The summed E-state index contributed by atoms with van der Waals surface area (Å²) < 4.78 is 2.06. The van der Waals surface area contributed by atoms with Crippen LogP contribution in [0.3, 0.4) is 0 Å². The molecular formula is C22H21BrN4O2. The Labute approximate surface area is 177 Å². The van der Waals surface area contributed by atoms with Gasteiger partial charge in [-0.15, -0.1) is 0 Å². The van der Waals surface area contributed by atoms with E-state index >= 15 is 0 Å². The number of hydrogen-bond acceptors (Lipinski definition) is 4. The van der Waals surface area contributed by atoms with Crippen molar-refractivity contribution in [2.24, 2.45) is 5.10 Å². The molecule has 0 bridgehead atoms. The number of hydrazone groups is 1. The normalized spacial score (nSPS) is 11.9. The topological polar surface area (TPSA) is 76.3 Å². The Morgan fingerprint density at radius 1 is 1.14 bits per heavy atom. The fraction of sp³-hybridized carbons (Fsp3) is 0.182. The van der Waals surface area contributed by atoms with Crippen molar-refractivity contribution >= 4 is 44.9 Å². The maximum Gasteiger partial charge on any atom is 0.292 e. The summed E-state index contributed by atoms with van der Waals surface area (Å²) in [7, 11) is 0. The number of hydrogen-bond donors (Lipinski definition) is 1. The van der Waals surface area contributed by atoms with Crippen LogP contribution in [0, 0.1) is 0 Å². The van der Waals surface area contributed by atoms with Gasteiger partial charge in [0.15, 0.2) is 5.69 Å². The molecule has 0 aliphatic rings. The molecule has 0 aliphatic heterocycles. The number of amides is 1. The molecule has 0 fully saturated rings. The van der Waals surface area contributed by atoms with Crippen LogP contribution in [0.2, 0.25) is 0 Å². The molecule has 0 atom stereocenters. The Hall–Kier alpha value is -3.06. The smallest absolute Gasteiger partial charge is 0.267 e. The van der Waals surface area contributed by atoms with Crippen molar-refractivity contribution in [3.8, 4) is 0 Å². The fourth-order valence-electron chi connectivity index (χ4n) is 2.81. The minimum Gasteiger partial charge on any atom is -0.267 e. The van der Waals surface area contributed by atoms with Crippen molar-refractivity contribution in [3.63, 3.8) is 0 Å². The van der Waals surface area contributed by atoms with Gasteiger partial charge in [0.05, 0.1) is 11.6 Å². The Bertz CT molecular complexity index is 1120. The van der Waals surface area contributed by atoms with Crippen molar-refractivity contribution < 1.29 is 4.79 Å². The van der Waals surface area contributed by atoms with Crippen molar-refractivity contribution in [2.45, 2.75) is 26.3 Å². The molecule has 0 radical (unpaired) electrons. The number of carbonyl (C=O) groups is 1. The highest BCUT2D eigenvalue weighted by Gasteiger charge is 2.16. The molecule has 2 aromatic carbocycles. The fourth-order valence-corrected chi connectivity index (χ4v) is 3.18. The van der Waals surface area contributed by atoms with E-state index in [-0.39, 0.29) is 11.3 Å². The van der Waals surface area contributed by atoms with Gasteiger partial charge in [-0.2, -0.15) is 10.2 Å². The van der Waals surface area contributed by atoms with Crippen molar-refractivity contribution in [1.29, 1.82) is 0 Å². The van der Waals surface area contributed by atoms with Crippen molar-refractivity contribution in [1.82, 2.24) is 15.2 Å². The number of rotatable bonds is 7. The van der Waals surface area contributed by atoms with Gasteiger partial charge in [0.1, 0.15) is 0 Å². The molecule has 6 nitrogen and oxygen atoms in total. The zero-order chi connectivity index (χ0) is 20.6. The summed E-state index contributed by atoms with van der Waals surface area (Å²) in [5.41, 5.74) is 3.49. The van der Waals surface area contributed by atoms with Gasteiger partial charge in [0.2, 0.25) is 0 Å². The number of fused-ring (bicyclic) bond motifs is 1. The number of carbonyl (C=O) groups excluding carboxylic acids is 1. The quantitative estimate of drug-likeness (QED) is 0.427. The zero-order valence-electron chi connectivity index (χ0n) is 16.0. The lowest BCUT2D eigenvalue weighted by Crippen LogP contribution is -2.29. The molecule has 0 unspecified atom stereocenters. The summed E-state index contributed by atoms with van der Waals surface area (Å²) in [6.07, 6.45) is 5.12. The van der Waals surface area contributed by atoms with E-state index in [4.69, 9.17) is 0 Å². The third kappa shape index (κ3) is 5.26. The van der Waals surface area contributed by atoms with Crippen LogP contribution in [0.5, 0.6) is 0 Å². The SMILES string of the molecule is CCCCn1nc(C(=O)N/N=C/C(Br)=C/c2ccccc2)c2ccccc2c1=O. The van der Waals surface area contributed by atoms with Gasteiger partial charge in [-0.1, -0.05) is 61.9 Å². The second-order valence-corrected chi connectivity index (χ2v) is 7.33. The highest BCUT2D eigenvalue weighted by atomic mass is 79.9. The lowest BCUT2D eigenvalue weighted by molar-refractivity contribution is 0.0949. The molecule has 148 valence electrons. The van der Waals surface area contributed by atoms with Gasteiger partial charge in [-0.25, -0.2) is 10.1 Å². The number of nitrogens with zero attached hydrogens (tertiary/aromatic N) is 3. The summed E-state index contributed by atoms with van der Waals surface area (Å²) in [5, 5.41) is 9.27. The molecule has 1 aromatic heterocycles. The first-order valence-corrected chi connectivity index (χ1v) is 10.1. The minimum atomic E-state index is -0.470. The van der Waals surface area contributed by atoms with Crippen LogP contribution < -0.4 is 11.0 Å². The number of benzene rings is 2. The van der Waals surface area contributed by atoms with Crippen LogP contribution >= 0.6 is 15.9 Å². The maximum absolute atomic E-state index is 12.7. The van der Waals surface area contributed by atoms with Crippen LogP contribution in [0.4, 0.5) is 0 Å². The molecule has 3 rings (SSSR count). The Morgan fingerprint density at radius 3 is 2.55 bits per heavy atom. The standard InChI is InChI=1S/C22H21BrN4O2/c1-2-3-13-27-22(29)19-12-8-7-11-18(19)20(26-27)21(28)25-24-15-17(23)14-16-9-5-4-6-10-16/h4-12,14-15H,2-3,13H2,1H3,(H,25,28)/b17-14-,24-15+. The van der Waals surface area contributed by atoms with E-state index in [1.54, 1.807) is 24.3 Å². The largest absolute Gasteiger partial charge is 0.292 e. The van der Waals surface area contributed by atoms with Crippen LogP contribution in [0.1, 0.15) is 35.8 Å². The van der Waals surface area contributed by atoms with E-state index in [0.29, 0.717) is 21.8 Å². The molecule has 1 amide bonds. The molecule has 0 aliphatic carbocycles. The number of aromatic nitrogens is 2.